The zero-order chi connectivity index (χ0) is 13.1. The molecule has 0 bridgehead atoms. The van der Waals surface area contributed by atoms with Crippen LogP contribution >= 0.6 is 0 Å². The topological polar surface area (TPSA) is 9.23 Å². The molecule has 0 unspecified atom stereocenters. The molecule has 0 fully saturated rings. The Morgan fingerprint density at radius 1 is 1.00 bits per heavy atom. The van der Waals surface area contributed by atoms with Crippen molar-refractivity contribution in [1.82, 2.24) is 0 Å². The highest BCUT2D eigenvalue weighted by Gasteiger charge is 2.00. The zero-order valence-corrected chi connectivity index (χ0v) is 11.8. The van der Waals surface area contributed by atoms with Crippen molar-refractivity contribution in [3.63, 3.8) is 0 Å². The average Bonchev–Trinajstić information content (AvgIpc) is 2.42. The van der Waals surface area contributed by atoms with E-state index in [2.05, 4.69) is 44.2 Å². The molecule has 1 nitrogen and oxygen atoms in total. The van der Waals surface area contributed by atoms with Crippen molar-refractivity contribution in [2.24, 2.45) is 0 Å². The highest BCUT2D eigenvalue weighted by molar-refractivity contribution is 5.64. The van der Waals surface area contributed by atoms with Crippen molar-refractivity contribution >= 4 is 5.57 Å². The molecule has 0 aromatic heterocycles. The monoisotopic (exact) mass is 246 g/mol. The van der Waals surface area contributed by atoms with Crippen LogP contribution in [0.5, 0.6) is 0 Å². The first-order valence-corrected chi connectivity index (χ1v) is 7.24. The van der Waals surface area contributed by atoms with Gasteiger partial charge in [-0.05, 0) is 24.0 Å². The summed E-state index contributed by atoms with van der Waals surface area (Å²) in [7, 11) is 0. The molecule has 1 heteroatoms. The molecule has 0 aliphatic heterocycles. The van der Waals surface area contributed by atoms with E-state index < -0.39 is 0 Å². The van der Waals surface area contributed by atoms with Crippen molar-refractivity contribution in [2.75, 3.05) is 6.61 Å². The highest BCUT2D eigenvalue weighted by Crippen LogP contribution is 2.19. The zero-order valence-electron chi connectivity index (χ0n) is 11.8. The Balaban J connectivity index is 2.42. The third kappa shape index (κ3) is 5.90. The molecule has 0 atom stereocenters. The van der Waals surface area contributed by atoms with Gasteiger partial charge in [0.1, 0.15) is 0 Å². The van der Waals surface area contributed by atoms with Gasteiger partial charge in [0, 0.05) is 0 Å². The van der Waals surface area contributed by atoms with Crippen LogP contribution < -0.4 is 0 Å². The van der Waals surface area contributed by atoms with Gasteiger partial charge in [-0.3, -0.25) is 0 Å². The molecular formula is C17H26O. The minimum atomic E-state index is 0.847. The molecule has 1 aromatic rings. The van der Waals surface area contributed by atoms with E-state index in [1.807, 2.05) is 6.26 Å². The lowest BCUT2D eigenvalue weighted by atomic mass is 10.0. The molecule has 0 N–H and O–H groups in total. The maximum atomic E-state index is 5.69. The van der Waals surface area contributed by atoms with E-state index in [-0.39, 0.29) is 0 Å². The second-order valence-corrected chi connectivity index (χ2v) is 4.69. The smallest absolute Gasteiger partial charge is 0.0873 e. The van der Waals surface area contributed by atoms with Crippen LogP contribution in [-0.4, -0.2) is 6.61 Å². The van der Waals surface area contributed by atoms with E-state index in [0.29, 0.717) is 0 Å². The molecule has 1 aromatic carbocycles. The molecular weight excluding hydrogens is 220 g/mol. The molecule has 0 radical (unpaired) electrons. The first-order chi connectivity index (χ1) is 8.88. The van der Waals surface area contributed by atoms with Crippen molar-refractivity contribution in [3.8, 4) is 0 Å². The number of hydrogen-bond acceptors (Lipinski definition) is 1. The predicted octanol–water partition coefficient (Wildman–Crippen LogP) is 5.42. The molecule has 0 saturated heterocycles. The van der Waals surface area contributed by atoms with Gasteiger partial charge in [-0.25, -0.2) is 0 Å². The van der Waals surface area contributed by atoms with E-state index in [1.54, 1.807) is 0 Å². The van der Waals surface area contributed by atoms with Crippen molar-refractivity contribution in [1.29, 1.82) is 0 Å². The summed E-state index contributed by atoms with van der Waals surface area (Å²) in [6.07, 6.45) is 9.23. The van der Waals surface area contributed by atoms with Crippen LogP contribution in [0.25, 0.3) is 5.57 Å². The summed E-state index contributed by atoms with van der Waals surface area (Å²) in [6.45, 7) is 5.29. The Labute approximate surface area is 112 Å². The van der Waals surface area contributed by atoms with Gasteiger partial charge >= 0.3 is 0 Å². The summed E-state index contributed by atoms with van der Waals surface area (Å²) < 4.78 is 5.69. The highest BCUT2D eigenvalue weighted by atomic mass is 16.5. The Bertz CT molecular complexity index is 327. The number of allylic oxidation sites excluding steroid dienone is 1. The van der Waals surface area contributed by atoms with Gasteiger partial charge in [0.05, 0.1) is 12.9 Å². The van der Waals surface area contributed by atoms with E-state index in [4.69, 9.17) is 4.74 Å². The first-order valence-electron chi connectivity index (χ1n) is 7.24. The van der Waals surface area contributed by atoms with Gasteiger partial charge in [-0.15, -0.1) is 0 Å². The van der Waals surface area contributed by atoms with Gasteiger partial charge in [0.15, 0.2) is 0 Å². The van der Waals surface area contributed by atoms with Gasteiger partial charge in [0.25, 0.3) is 0 Å². The fourth-order valence-corrected chi connectivity index (χ4v) is 1.96. The molecule has 100 valence electrons. The van der Waals surface area contributed by atoms with Gasteiger partial charge in [-0.1, -0.05) is 69.9 Å². The van der Waals surface area contributed by atoms with E-state index in [9.17, 15) is 0 Å². The van der Waals surface area contributed by atoms with Gasteiger partial charge in [0.2, 0.25) is 0 Å². The molecule has 0 amide bonds. The minimum absolute atomic E-state index is 0.847. The summed E-state index contributed by atoms with van der Waals surface area (Å²) in [5, 5.41) is 0. The second-order valence-electron chi connectivity index (χ2n) is 4.69. The second kappa shape index (κ2) is 9.76. The van der Waals surface area contributed by atoms with Crippen molar-refractivity contribution < 1.29 is 4.74 Å². The Morgan fingerprint density at radius 2 is 1.78 bits per heavy atom. The maximum Gasteiger partial charge on any atom is 0.0873 e. The molecule has 0 saturated carbocycles. The fourth-order valence-electron chi connectivity index (χ4n) is 1.96. The van der Waals surface area contributed by atoms with Crippen molar-refractivity contribution in [2.45, 2.75) is 52.4 Å². The Morgan fingerprint density at radius 3 is 2.44 bits per heavy atom. The summed E-state index contributed by atoms with van der Waals surface area (Å²) in [5.74, 6) is 0. The van der Waals surface area contributed by atoms with Crippen LogP contribution in [0.2, 0.25) is 0 Å². The molecule has 0 aliphatic rings. The first kappa shape index (κ1) is 14.8. The molecule has 0 heterocycles. The van der Waals surface area contributed by atoms with E-state index in [0.717, 1.165) is 19.4 Å². The number of rotatable bonds is 9. The Hall–Kier alpha value is -1.24. The third-order valence-electron chi connectivity index (χ3n) is 3.01. The van der Waals surface area contributed by atoms with Crippen LogP contribution in [0.1, 0.15) is 57.9 Å². The molecule has 18 heavy (non-hydrogen) atoms. The minimum Gasteiger partial charge on any atom is -0.501 e. The summed E-state index contributed by atoms with van der Waals surface area (Å²) in [6, 6.07) is 10.5. The van der Waals surface area contributed by atoms with Crippen molar-refractivity contribution in [3.05, 3.63) is 42.2 Å². The molecule has 0 aliphatic carbocycles. The summed E-state index contributed by atoms with van der Waals surface area (Å²) in [5.41, 5.74) is 2.60. The van der Waals surface area contributed by atoms with E-state index in [1.165, 1.54) is 36.8 Å². The van der Waals surface area contributed by atoms with E-state index >= 15 is 0 Å². The fraction of sp³-hybridized carbons (Fsp3) is 0.529. The van der Waals surface area contributed by atoms with Crippen LogP contribution in [0.4, 0.5) is 0 Å². The Kier molecular flexibility index (Phi) is 8.03. The standard InChI is InChI=1S/C17H26O/c1-3-5-6-10-14-18-15-17(11-4-2)16-12-8-7-9-13-16/h7-9,12-13,15H,3-6,10-11,14H2,1-2H3. The number of ether oxygens (including phenoxy) is 1. The van der Waals surface area contributed by atoms with Gasteiger partial charge in [-0.2, -0.15) is 0 Å². The number of hydrogen-bond donors (Lipinski definition) is 0. The van der Waals surface area contributed by atoms with Crippen LogP contribution in [0.3, 0.4) is 0 Å². The summed E-state index contributed by atoms with van der Waals surface area (Å²) >= 11 is 0. The van der Waals surface area contributed by atoms with Crippen LogP contribution in [0, 0.1) is 0 Å². The molecule has 0 spiro atoms. The lowest BCUT2D eigenvalue weighted by Gasteiger charge is -2.07. The SMILES string of the molecule is CCCCCCOC=C(CCC)c1ccccc1. The maximum absolute atomic E-state index is 5.69. The number of benzene rings is 1. The third-order valence-corrected chi connectivity index (χ3v) is 3.01. The number of unbranched alkanes of at least 4 members (excludes halogenated alkanes) is 3. The lowest BCUT2D eigenvalue weighted by molar-refractivity contribution is 0.241. The van der Waals surface area contributed by atoms with Crippen LogP contribution in [-0.2, 0) is 4.74 Å². The molecule has 1 rings (SSSR count). The van der Waals surface area contributed by atoms with Gasteiger partial charge < -0.3 is 4.74 Å². The normalized spacial score (nSPS) is 11.6. The average molecular weight is 246 g/mol. The lowest BCUT2D eigenvalue weighted by Crippen LogP contribution is -1.91. The predicted molar refractivity (Wildman–Crippen MR) is 79.4 cm³/mol. The summed E-state index contributed by atoms with van der Waals surface area (Å²) in [4.78, 5) is 0. The quantitative estimate of drug-likeness (QED) is 0.417. The largest absolute Gasteiger partial charge is 0.501 e. The van der Waals surface area contributed by atoms with Crippen LogP contribution in [0.15, 0.2) is 36.6 Å².